The Balaban J connectivity index is 1.80. The lowest BCUT2D eigenvalue weighted by atomic mass is 9.98. The first kappa shape index (κ1) is 20.5. The van der Waals surface area contributed by atoms with Crippen molar-refractivity contribution in [1.29, 1.82) is 5.26 Å². The van der Waals surface area contributed by atoms with Gasteiger partial charge < -0.3 is 10.1 Å². The van der Waals surface area contributed by atoms with Crippen molar-refractivity contribution in [2.75, 3.05) is 6.61 Å². The third-order valence-corrected chi connectivity index (χ3v) is 4.96. The summed E-state index contributed by atoms with van der Waals surface area (Å²) in [5.41, 5.74) is -1.25. The Bertz CT molecular complexity index is 1050. The first-order chi connectivity index (χ1) is 13.7. The van der Waals surface area contributed by atoms with Crippen LogP contribution in [0.5, 0.6) is 0 Å². The van der Waals surface area contributed by atoms with Crippen LogP contribution in [0.2, 0.25) is 0 Å². The van der Waals surface area contributed by atoms with Gasteiger partial charge in [0, 0.05) is 11.9 Å². The lowest BCUT2D eigenvalue weighted by molar-refractivity contribution is -0.125. The standard InChI is InChI=1S/C21H24N4O4/c1-13(2)10-25-19(27)16-7-5-4-6-15(16)18(24-25)20(28)29-11-17(26)23-21(3,12-22)14-8-9-14/h4-7,13-14H,8-11H2,1-3H3,(H,23,26)/t21-/m1/s1. The highest BCUT2D eigenvalue weighted by molar-refractivity contribution is 6.02. The molecule has 1 amide bonds. The largest absolute Gasteiger partial charge is 0.451 e. The number of ether oxygens (including phenoxy) is 1. The van der Waals surface area contributed by atoms with Crippen LogP contribution in [-0.2, 0) is 16.1 Å². The Morgan fingerprint density at radius 1 is 1.34 bits per heavy atom. The molecule has 1 fully saturated rings. The molecule has 0 aliphatic heterocycles. The van der Waals surface area contributed by atoms with E-state index in [0.29, 0.717) is 17.3 Å². The smallest absolute Gasteiger partial charge is 0.359 e. The zero-order chi connectivity index (χ0) is 21.2. The number of nitrogens with zero attached hydrogens (tertiary/aromatic N) is 3. The molecule has 1 saturated carbocycles. The molecule has 8 nitrogen and oxygen atoms in total. The fraction of sp³-hybridized carbons (Fsp3) is 0.476. The van der Waals surface area contributed by atoms with Crippen molar-refractivity contribution in [3.8, 4) is 6.07 Å². The van der Waals surface area contributed by atoms with Crippen molar-refractivity contribution in [1.82, 2.24) is 15.1 Å². The van der Waals surface area contributed by atoms with Crippen LogP contribution in [0.15, 0.2) is 29.1 Å². The molecule has 0 spiro atoms. The van der Waals surface area contributed by atoms with Crippen molar-refractivity contribution in [2.24, 2.45) is 11.8 Å². The van der Waals surface area contributed by atoms with Gasteiger partial charge in [-0.2, -0.15) is 10.4 Å². The summed E-state index contributed by atoms with van der Waals surface area (Å²) in [5.74, 6) is -1.06. The minimum atomic E-state index is -0.959. The number of nitriles is 1. The van der Waals surface area contributed by atoms with Gasteiger partial charge in [0.05, 0.1) is 11.5 Å². The maximum absolute atomic E-state index is 12.6. The Kier molecular flexibility index (Phi) is 5.69. The predicted octanol–water partition coefficient (Wildman–Crippen LogP) is 2.02. The van der Waals surface area contributed by atoms with Gasteiger partial charge in [0.2, 0.25) is 0 Å². The number of hydrogen-bond donors (Lipinski definition) is 1. The molecule has 1 aliphatic carbocycles. The summed E-state index contributed by atoms with van der Waals surface area (Å²) < 4.78 is 6.40. The molecule has 1 N–H and O–H groups in total. The molecule has 8 heteroatoms. The van der Waals surface area contributed by atoms with Gasteiger partial charge in [-0.3, -0.25) is 9.59 Å². The van der Waals surface area contributed by atoms with Crippen LogP contribution in [0.1, 0.15) is 44.1 Å². The first-order valence-corrected chi connectivity index (χ1v) is 9.64. The van der Waals surface area contributed by atoms with Crippen LogP contribution in [0, 0.1) is 23.2 Å². The summed E-state index contributed by atoms with van der Waals surface area (Å²) in [7, 11) is 0. The minimum absolute atomic E-state index is 0.0149. The molecule has 1 atom stereocenters. The predicted molar refractivity (Wildman–Crippen MR) is 106 cm³/mol. The topological polar surface area (TPSA) is 114 Å². The third kappa shape index (κ3) is 4.45. The van der Waals surface area contributed by atoms with E-state index in [1.54, 1.807) is 31.2 Å². The fourth-order valence-electron chi connectivity index (χ4n) is 3.26. The molecule has 0 unspecified atom stereocenters. The lowest BCUT2D eigenvalue weighted by Crippen LogP contribution is -2.48. The number of hydrogen-bond acceptors (Lipinski definition) is 6. The van der Waals surface area contributed by atoms with Crippen LogP contribution in [0.3, 0.4) is 0 Å². The fourth-order valence-corrected chi connectivity index (χ4v) is 3.26. The van der Waals surface area contributed by atoms with Gasteiger partial charge >= 0.3 is 5.97 Å². The van der Waals surface area contributed by atoms with E-state index in [4.69, 9.17) is 4.74 Å². The van der Waals surface area contributed by atoms with Crippen molar-refractivity contribution < 1.29 is 14.3 Å². The van der Waals surface area contributed by atoms with E-state index in [1.165, 1.54) is 4.68 Å². The van der Waals surface area contributed by atoms with Gasteiger partial charge in [-0.05, 0) is 37.7 Å². The SMILES string of the molecule is CC(C)Cn1nc(C(=O)OCC(=O)N[C@](C)(C#N)C2CC2)c2ccccc2c1=O. The summed E-state index contributed by atoms with van der Waals surface area (Å²) in [6.45, 7) is 5.38. The van der Waals surface area contributed by atoms with E-state index in [-0.39, 0.29) is 23.1 Å². The van der Waals surface area contributed by atoms with Gasteiger partial charge in [-0.25, -0.2) is 9.48 Å². The average Bonchev–Trinajstić information content (AvgIpc) is 3.54. The van der Waals surface area contributed by atoms with Crippen LogP contribution >= 0.6 is 0 Å². The molecule has 1 aliphatic rings. The highest BCUT2D eigenvalue weighted by atomic mass is 16.5. The molecule has 152 valence electrons. The lowest BCUT2D eigenvalue weighted by Gasteiger charge is -2.22. The normalized spacial score (nSPS) is 15.6. The summed E-state index contributed by atoms with van der Waals surface area (Å²) in [5, 5.41) is 16.9. The molecule has 1 heterocycles. The van der Waals surface area contributed by atoms with Gasteiger partial charge in [-0.1, -0.05) is 32.0 Å². The molecule has 2 aromatic rings. The summed E-state index contributed by atoms with van der Waals surface area (Å²) >= 11 is 0. The van der Waals surface area contributed by atoms with Gasteiger partial charge in [0.15, 0.2) is 12.3 Å². The molecule has 0 saturated heterocycles. The number of aromatic nitrogens is 2. The zero-order valence-electron chi connectivity index (χ0n) is 16.8. The Morgan fingerprint density at radius 3 is 2.59 bits per heavy atom. The van der Waals surface area contributed by atoms with E-state index < -0.39 is 24.0 Å². The van der Waals surface area contributed by atoms with Gasteiger partial charge in [0.1, 0.15) is 5.54 Å². The van der Waals surface area contributed by atoms with Crippen LogP contribution in [-0.4, -0.2) is 33.8 Å². The van der Waals surface area contributed by atoms with Crippen LogP contribution < -0.4 is 10.9 Å². The van der Waals surface area contributed by atoms with Crippen molar-refractivity contribution in [2.45, 2.75) is 45.7 Å². The van der Waals surface area contributed by atoms with Gasteiger partial charge in [-0.15, -0.1) is 0 Å². The number of carbonyl (C=O) groups is 2. The number of nitrogens with one attached hydrogen (secondary N) is 1. The second kappa shape index (κ2) is 8.03. The highest BCUT2D eigenvalue weighted by Crippen LogP contribution is 2.39. The Hall–Kier alpha value is -3.21. The summed E-state index contributed by atoms with van der Waals surface area (Å²) in [6, 6.07) is 8.80. The van der Waals surface area contributed by atoms with E-state index in [0.717, 1.165) is 12.8 Å². The van der Waals surface area contributed by atoms with Crippen LogP contribution in [0.25, 0.3) is 10.8 Å². The third-order valence-electron chi connectivity index (χ3n) is 4.96. The van der Waals surface area contributed by atoms with Crippen molar-refractivity contribution in [3.63, 3.8) is 0 Å². The number of amides is 1. The molecular formula is C21H24N4O4. The number of fused-ring (bicyclic) bond motifs is 1. The Labute approximate surface area is 168 Å². The summed E-state index contributed by atoms with van der Waals surface area (Å²) in [6.07, 6.45) is 1.77. The number of rotatable bonds is 7. The molecule has 29 heavy (non-hydrogen) atoms. The van der Waals surface area contributed by atoms with E-state index >= 15 is 0 Å². The molecule has 1 aromatic heterocycles. The molecule has 0 bridgehead atoms. The maximum Gasteiger partial charge on any atom is 0.359 e. The quantitative estimate of drug-likeness (QED) is 0.716. The first-order valence-electron chi connectivity index (χ1n) is 9.64. The van der Waals surface area contributed by atoms with Crippen molar-refractivity contribution >= 4 is 22.6 Å². The zero-order valence-corrected chi connectivity index (χ0v) is 16.8. The molecule has 1 aromatic carbocycles. The van der Waals surface area contributed by atoms with Gasteiger partial charge in [0.25, 0.3) is 11.5 Å². The molecular weight excluding hydrogens is 372 g/mol. The molecule has 3 rings (SSSR count). The summed E-state index contributed by atoms with van der Waals surface area (Å²) in [4.78, 5) is 37.5. The number of benzene rings is 1. The van der Waals surface area contributed by atoms with Crippen LogP contribution in [0.4, 0.5) is 0 Å². The second-order valence-electron chi connectivity index (χ2n) is 7.99. The number of carbonyl (C=O) groups excluding carboxylic acids is 2. The molecule has 0 radical (unpaired) electrons. The Morgan fingerprint density at radius 2 is 2.00 bits per heavy atom. The van der Waals surface area contributed by atoms with E-state index in [2.05, 4.69) is 16.5 Å². The van der Waals surface area contributed by atoms with E-state index in [9.17, 15) is 19.6 Å². The minimum Gasteiger partial charge on any atom is -0.451 e. The second-order valence-corrected chi connectivity index (χ2v) is 7.99. The highest BCUT2D eigenvalue weighted by Gasteiger charge is 2.43. The maximum atomic E-state index is 12.6. The monoisotopic (exact) mass is 396 g/mol. The van der Waals surface area contributed by atoms with Crippen molar-refractivity contribution in [3.05, 3.63) is 40.3 Å². The number of esters is 1. The average molecular weight is 396 g/mol. The van der Waals surface area contributed by atoms with E-state index in [1.807, 2.05) is 13.8 Å².